The van der Waals surface area contributed by atoms with E-state index in [9.17, 15) is 0 Å². The number of fused-ring (bicyclic) bond motifs is 2. The number of piperidine rings is 1. The molecular weight excluding hydrogens is 232 g/mol. The second-order valence-electron chi connectivity index (χ2n) is 5.00. The molecule has 1 aromatic carbocycles. The van der Waals surface area contributed by atoms with Crippen LogP contribution in [-0.2, 0) is 0 Å². The van der Waals surface area contributed by atoms with Crippen molar-refractivity contribution in [2.24, 2.45) is 0 Å². The van der Waals surface area contributed by atoms with Crippen LogP contribution in [0.25, 0.3) is 0 Å². The molecule has 2 heterocycles. The Morgan fingerprint density at radius 1 is 1.18 bits per heavy atom. The number of benzene rings is 1. The fourth-order valence-electron chi connectivity index (χ4n) is 3.30. The van der Waals surface area contributed by atoms with Gasteiger partial charge in [0.05, 0.1) is 22.3 Å². The number of rotatable bonds is 1. The molecule has 3 heteroatoms. The topological polar surface area (TPSA) is 27.0 Å². The van der Waals surface area contributed by atoms with Crippen LogP contribution in [-0.4, -0.2) is 12.1 Å². The molecule has 2 aliphatic rings. The fraction of sp³-hybridized carbons (Fsp3) is 0.500. The maximum absolute atomic E-state index is 8.86. The zero-order valence-electron chi connectivity index (χ0n) is 9.69. The summed E-state index contributed by atoms with van der Waals surface area (Å²) in [5.74, 6) is 0. The normalized spacial score (nSPS) is 26.9. The summed E-state index contributed by atoms with van der Waals surface area (Å²) in [4.78, 5) is 2.49. The van der Waals surface area contributed by atoms with Crippen molar-refractivity contribution in [1.29, 1.82) is 5.26 Å². The van der Waals surface area contributed by atoms with Crippen molar-refractivity contribution in [3.63, 3.8) is 0 Å². The summed E-state index contributed by atoms with van der Waals surface area (Å²) >= 11 is 6.31. The van der Waals surface area contributed by atoms with Gasteiger partial charge in [-0.1, -0.05) is 11.6 Å². The molecule has 0 spiro atoms. The van der Waals surface area contributed by atoms with Crippen LogP contribution in [0.2, 0.25) is 5.02 Å². The van der Waals surface area contributed by atoms with Gasteiger partial charge < -0.3 is 4.90 Å². The van der Waals surface area contributed by atoms with E-state index in [-0.39, 0.29) is 0 Å². The Bertz CT molecular complexity index is 462. The molecule has 1 aromatic rings. The van der Waals surface area contributed by atoms with Crippen molar-refractivity contribution in [2.45, 2.75) is 44.2 Å². The van der Waals surface area contributed by atoms with Gasteiger partial charge in [-0.2, -0.15) is 5.26 Å². The number of nitriles is 1. The summed E-state index contributed by atoms with van der Waals surface area (Å²) in [6.07, 6.45) is 6.50. The SMILES string of the molecule is N#Cc1ccc(N2C3CCCC2CC3)c(Cl)c1. The molecule has 0 saturated carbocycles. The molecule has 0 radical (unpaired) electrons. The number of halogens is 1. The third kappa shape index (κ3) is 1.79. The van der Waals surface area contributed by atoms with Crippen LogP contribution in [0, 0.1) is 11.3 Å². The highest BCUT2D eigenvalue weighted by Crippen LogP contribution is 2.41. The molecule has 2 unspecified atom stereocenters. The molecule has 2 aliphatic heterocycles. The summed E-state index contributed by atoms with van der Waals surface area (Å²) < 4.78 is 0. The highest BCUT2D eigenvalue weighted by atomic mass is 35.5. The van der Waals surface area contributed by atoms with Crippen LogP contribution >= 0.6 is 11.6 Å². The zero-order chi connectivity index (χ0) is 11.8. The molecular formula is C14H15ClN2. The summed E-state index contributed by atoms with van der Waals surface area (Å²) in [5.41, 5.74) is 1.76. The summed E-state index contributed by atoms with van der Waals surface area (Å²) in [6.45, 7) is 0. The standard InChI is InChI=1S/C14H15ClN2/c15-13-8-10(9-16)4-7-14(13)17-11-2-1-3-12(17)6-5-11/h4,7-8,11-12H,1-3,5-6H2. The van der Waals surface area contributed by atoms with E-state index in [4.69, 9.17) is 16.9 Å². The maximum atomic E-state index is 8.86. The fourth-order valence-corrected chi connectivity index (χ4v) is 3.57. The lowest BCUT2D eigenvalue weighted by molar-refractivity contribution is 0.468. The van der Waals surface area contributed by atoms with Crippen molar-refractivity contribution >= 4 is 17.3 Å². The highest BCUT2D eigenvalue weighted by Gasteiger charge is 2.37. The Hall–Kier alpha value is -1.20. The predicted octanol–water partition coefficient (Wildman–Crippen LogP) is 3.73. The molecule has 2 atom stereocenters. The summed E-state index contributed by atoms with van der Waals surface area (Å²) in [5, 5.41) is 9.58. The third-order valence-corrected chi connectivity index (χ3v) is 4.35. The molecule has 17 heavy (non-hydrogen) atoms. The molecule has 3 rings (SSSR count). The van der Waals surface area contributed by atoms with Gasteiger partial charge in [-0.05, 0) is 50.3 Å². The number of hydrogen-bond acceptors (Lipinski definition) is 2. The average molecular weight is 247 g/mol. The molecule has 2 fully saturated rings. The smallest absolute Gasteiger partial charge is 0.0992 e. The molecule has 0 aromatic heterocycles. The van der Waals surface area contributed by atoms with E-state index in [0.29, 0.717) is 17.6 Å². The average Bonchev–Trinajstić information content (AvgIpc) is 2.59. The predicted molar refractivity (Wildman–Crippen MR) is 69.3 cm³/mol. The van der Waals surface area contributed by atoms with Crippen molar-refractivity contribution in [1.82, 2.24) is 0 Å². The lowest BCUT2D eigenvalue weighted by atomic mass is 10.0. The molecule has 0 amide bonds. The summed E-state index contributed by atoms with van der Waals surface area (Å²) in [6, 6.07) is 9.13. The molecule has 0 aliphatic carbocycles. The first kappa shape index (κ1) is 10.9. The summed E-state index contributed by atoms with van der Waals surface area (Å²) in [7, 11) is 0. The zero-order valence-corrected chi connectivity index (χ0v) is 10.5. The minimum Gasteiger partial charge on any atom is -0.364 e. The first-order valence-electron chi connectivity index (χ1n) is 6.27. The first-order chi connectivity index (χ1) is 8.29. The molecule has 88 valence electrons. The number of anilines is 1. The Morgan fingerprint density at radius 3 is 2.47 bits per heavy atom. The highest BCUT2D eigenvalue weighted by molar-refractivity contribution is 6.33. The minimum atomic E-state index is 0.642. The molecule has 2 nitrogen and oxygen atoms in total. The van der Waals surface area contributed by atoms with E-state index in [1.54, 1.807) is 6.07 Å². The first-order valence-corrected chi connectivity index (χ1v) is 6.65. The van der Waals surface area contributed by atoms with Gasteiger partial charge in [0.2, 0.25) is 0 Å². The van der Waals surface area contributed by atoms with Gasteiger partial charge >= 0.3 is 0 Å². The van der Waals surface area contributed by atoms with Gasteiger partial charge in [0.25, 0.3) is 0 Å². The van der Waals surface area contributed by atoms with Crippen molar-refractivity contribution < 1.29 is 0 Å². The Labute approximate surface area is 107 Å². The van der Waals surface area contributed by atoms with E-state index < -0.39 is 0 Å². The van der Waals surface area contributed by atoms with E-state index in [0.717, 1.165) is 10.7 Å². The van der Waals surface area contributed by atoms with Crippen molar-refractivity contribution in [2.75, 3.05) is 4.90 Å². The van der Waals surface area contributed by atoms with Crippen LogP contribution in [0.1, 0.15) is 37.7 Å². The second kappa shape index (κ2) is 4.23. The van der Waals surface area contributed by atoms with Gasteiger partial charge in [-0.15, -0.1) is 0 Å². The lowest BCUT2D eigenvalue weighted by Gasteiger charge is -2.37. The molecule has 2 saturated heterocycles. The largest absolute Gasteiger partial charge is 0.364 e. The van der Waals surface area contributed by atoms with E-state index in [1.165, 1.54) is 32.1 Å². The Kier molecular flexibility index (Phi) is 2.72. The lowest BCUT2D eigenvalue weighted by Crippen LogP contribution is -2.39. The van der Waals surface area contributed by atoms with E-state index in [2.05, 4.69) is 11.0 Å². The van der Waals surface area contributed by atoms with Crippen LogP contribution < -0.4 is 4.90 Å². The Morgan fingerprint density at radius 2 is 1.88 bits per heavy atom. The van der Waals surface area contributed by atoms with Gasteiger partial charge in [0.15, 0.2) is 0 Å². The Balaban J connectivity index is 1.97. The third-order valence-electron chi connectivity index (χ3n) is 4.05. The van der Waals surface area contributed by atoms with Gasteiger partial charge in [-0.25, -0.2) is 0 Å². The van der Waals surface area contributed by atoms with Crippen LogP contribution in [0.4, 0.5) is 5.69 Å². The maximum Gasteiger partial charge on any atom is 0.0992 e. The van der Waals surface area contributed by atoms with Crippen LogP contribution in [0.15, 0.2) is 18.2 Å². The molecule has 0 N–H and O–H groups in total. The van der Waals surface area contributed by atoms with Gasteiger partial charge in [0.1, 0.15) is 0 Å². The van der Waals surface area contributed by atoms with E-state index >= 15 is 0 Å². The molecule has 2 bridgehead atoms. The quantitative estimate of drug-likeness (QED) is 0.755. The van der Waals surface area contributed by atoms with Gasteiger partial charge in [-0.3, -0.25) is 0 Å². The van der Waals surface area contributed by atoms with Crippen molar-refractivity contribution in [3.05, 3.63) is 28.8 Å². The van der Waals surface area contributed by atoms with E-state index in [1.807, 2.05) is 12.1 Å². The number of nitrogens with zero attached hydrogens (tertiary/aromatic N) is 2. The number of hydrogen-bond donors (Lipinski definition) is 0. The monoisotopic (exact) mass is 246 g/mol. The minimum absolute atomic E-state index is 0.642. The van der Waals surface area contributed by atoms with Crippen molar-refractivity contribution in [3.8, 4) is 6.07 Å². The second-order valence-corrected chi connectivity index (χ2v) is 5.41. The van der Waals surface area contributed by atoms with Crippen LogP contribution in [0.5, 0.6) is 0 Å². The van der Waals surface area contributed by atoms with Crippen LogP contribution in [0.3, 0.4) is 0 Å². The van der Waals surface area contributed by atoms with Gasteiger partial charge in [0, 0.05) is 12.1 Å².